The third kappa shape index (κ3) is 5.90. The second kappa shape index (κ2) is 8.52. The minimum atomic E-state index is -3.72. The summed E-state index contributed by atoms with van der Waals surface area (Å²) in [5.41, 5.74) is 6.24. The molecule has 2 aromatic carbocycles. The third-order valence-electron chi connectivity index (χ3n) is 2.87. The van der Waals surface area contributed by atoms with Crippen LogP contribution in [0.15, 0.2) is 59.5 Å². The highest BCUT2D eigenvalue weighted by Gasteiger charge is 2.13. The van der Waals surface area contributed by atoms with E-state index in [2.05, 4.69) is 0 Å². The summed E-state index contributed by atoms with van der Waals surface area (Å²) >= 11 is 0. The Morgan fingerprint density at radius 3 is 2.17 bits per heavy atom. The predicted octanol–water partition coefficient (Wildman–Crippen LogP) is 2.07. The molecule has 0 radical (unpaired) electrons. The molecular formula is C16H19NO5S. The Morgan fingerprint density at radius 2 is 1.48 bits per heavy atom. The van der Waals surface area contributed by atoms with Gasteiger partial charge in [-0.3, -0.25) is 4.18 Å². The molecule has 0 aliphatic carbocycles. The summed E-state index contributed by atoms with van der Waals surface area (Å²) in [6.07, 6.45) is 0. The van der Waals surface area contributed by atoms with Crippen LogP contribution in [0.25, 0.3) is 0 Å². The zero-order chi connectivity index (χ0) is 16.5. The lowest BCUT2D eigenvalue weighted by atomic mass is 10.3. The Labute approximate surface area is 135 Å². The van der Waals surface area contributed by atoms with Crippen LogP contribution in [0.5, 0.6) is 5.75 Å². The van der Waals surface area contributed by atoms with E-state index in [1.165, 1.54) is 12.1 Å². The molecule has 0 atom stereocenters. The van der Waals surface area contributed by atoms with Gasteiger partial charge in [0.15, 0.2) is 0 Å². The fourth-order valence-electron chi connectivity index (χ4n) is 1.74. The first kappa shape index (κ1) is 17.3. The standard InChI is InChI=1S/C16H19NO5S/c17-14-6-8-15(9-7-14)21-12-10-20-11-13-22-23(18,19)16-4-2-1-3-5-16/h1-9H,10-13,17H2. The molecule has 0 bridgehead atoms. The fourth-order valence-corrected chi connectivity index (χ4v) is 2.66. The normalized spacial score (nSPS) is 11.3. The average Bonchev–Trinajstić information content (AvgIpc) is 2.56. The zero-order valence-corrected chi connectivity index (χ0v) is 13.4. The first-order chi connectivity index (χ1) is 11.1. The summed E-state index contributed by atoms with van der Waals surface area (Å²) in [6, 6.07) is 15.0. The number of rotatable bonds is 9. The van der Waals surface area contributed by atoms with Crippen LogP contribution in [0.4, 0.5) is 5.69 Å². The Hall–Kier alpha value is -2.09. The lowest BCUT2D eigenvalue weighted by Crippen LogP contribution is -2.14. The van der Waals surface area contributed by atoms with Crippen molar-refractivity contribution in [3.05, 3.63) is 54.6 Å². The first-order valence-electron chi connectivity index (χ1n) is 7.08. The number of benzene rings is 2. The molecule has 23 heavy (non-hydrogen) atoms. The second-order valence-corrected chi connectivity index (χ2v) is 6.23. The van der Waals surface area contributed by atoms with Crippen molar-refractivity contribution in [2.24, 2.45) is 0 Å². The maximum absolute atomic E-state index is 11.8. The van der Waals surface area contributed by atoms with E-state index in [1.54, 1.807) is 42.5 Å². The molecule has 124 valence electrons. The molecule has 0 aliphatic rings. The molecule has 0 spiro atoms. The van der Waals surface area contributed by atoms with E-state index in [4.69, 9.17) is 19.4 Å². The van der Waals surface area contributed by atoms with Crippen molar-refractivity contribution in [2.45, 2.75) is 4.90 Å². The molecule has 0 heterocycles. The minimum absolute atomic E-state index is 0.0426. The number of nitrogen functional groups attached to an aromatic ring is 1. The summed E-state index contributed by atoms with van der Waals surface area (Å²) in [7, 11) is -3.72. The molecule has 2 rings (SSSR count). The van der Waals surface area contributed by atoms with Crippen molar-refractivity contribution in [2.75, 3.05) is 32.2 Å². The Balaban J connectivity index is 1.60. The predicted molar refractivity (Wildman–Crippen MR) is 86.7 cm³/mol. The molecule has 2 N–H and O–H groups in total. The highest BCUT2D eigenvalue weighted by Crippen LogP contribution is 2.13. The molecule has 0 aliphatic heterocycles. The molecule has 0 aromatic heterocycles. The van der Waals surface area contributed by atoms with Crippen molar-refractivity contribution in [3.8, 4) is 5.75 Å². The van der Waals surface area contributed by atoms with Crippen LogP contribution in [-0.2, 0) is 19.0 Å². The topological polar surface area (TPSA) is 87.8 Å². The van der Waals surface area contributed by atoms with Crippen molar-refractivity contribution in [1.29, 1.82) is 0 Å². The summed E-state index contributed by atoms with van der Waals surface area (Å²) in [6.45, 7) is 0.810. The van der Waals surface area contributed by atoms with E-state index >= 15 is 0 Å². The van der Waals surface area contributed by atoms with Gasteiger partial charge < -0.3 is 15.2 Å². The second-order valence-electron chi connectivity index (χ2n) is 4.62. The van der Waals surface area contributed by atoms with Crippen LogP contribution >= 0.6 is 0 Å². The number of nitrogens with two attached hydrogens (primary N) is 1. The average molecular weight is 337 g/mol. The van der Waals surface area contributed by atoms with Gasteiger partial charge in [0, 0.05) is 5.69 Å². The molecule has 0 unspecified atom stereocenters. The van der Waals surface area contributed by atoms with Gasteiger partial charge in [-0.25, -0.2) is 0 Å². The highest BCUT2D eigenvalue weighted by molar-refractivity contribution is 7.86. The number of ether oxygens (including phenoxy) is 2. The quantitative estimate of drug-likeness (QED) is 0.428. The molecule has 0 saturated heterocycles. The van der Waals surface area contributed by atoms with Crippen LogP contribution in [-0.4, -0.2) is 34.8 Å². The molecule has 6 nitrogen and oxygen atoms in total. The van der Waals surface area contributed by atoms with Gasteiger partial charge >= 0.3 is 0 Å². The van der Waals surface area contributed by atoms with E-state index < -0.39 is 10.1 Å². The van der Waals surface area contributed by atoms with Crippen LogP contribution in [0.2, 0.25) is 0 Å². The van der Waals surface area contributed by atoms with Gasteiger partial charge in [0.25, 0.3) is 10.1 Å². The summed E-state index contributed by atoms with van der Waals surface area (Å²) < 4.78 is 39.2. The maximum Gasteiger partial charge on any atom is 0.297 e. The van der Waals surface area contributed by atoms with Crippen molar-refractivity contribution in [1.82, 2.24) is 0 Å². The monoisotopic (exact) mass is 337 g/mol. The molecule has 0 fully saturated rings. The van der Waals surface area contributed by atoms with E-state index in [9.17, 15) is 8.42 Å². The Morgan fingerprint density at radius 1 is 0.826 bits per heavy atom. The van der Waals surface area contributed by atoms with E-state index in [0.29, 0.717) is 24.7 Å². The van der Waals surface area contributed by atoms with Gasteiger partial charge in [-0.05, 0) is 36.4 Å². The molecular weight excluding hydrogens is 318 g/mol. The van der Waals surface area contributed by atoms with Crippen molar-refractivity contribution < 1.29 is 22.1 Å². The maximum atomic E-state index is 11.8. The van der Waals surface area contributed by atoms with Gasteiger partial charge in [-0.1, -0.05) is 18.2 Å². The number of anilines is 1. The van der Waals surface area contributed by atoms with Crippen LogP contribution in [0, 0.1) is 0 Å². The van der Waals surface area contributed by atoms with Crippen LogP contribution < -0.4 is 10.5 Å². The van der Waals surface area contributed by atoms with Crippen LogP contribution in [0.1, 0.15) is 0 Å². The molecule has 0 saturated carbocycles. The van der Waals surface area contributed by atoms with Gasteiger partial charge in [0.05, 0.1) is 24.7 Å². The number of hydrogen-bond acceptors (Lipinski definition) is 6. The van der Waals surface area contributed by atoms with E-state index in [1.807, 2.05) is 0 Å². The third-order valence-corrected chi connectivity index (χ3v) is 4.20. The lowest BCUT2D eigenvalue weighted by Gasteiger charge is -2.08. The summed E-state index contributed by atoms with van der Waals surface area (Å²) in [5.74, 6) is 0.700. The smallest absolute Gasteiger partial charge is 0.297 e. The Kier molecular flexibility index (Phi) is 6.40. The summed E-state index contributed by atoms with van der Waals surface area (Å²) in [4.78, 5) is 0.131. The number of hydrogen-bond donors (Lipinski definition) is 1. The first-order valence-corrected chi connectivity index (χ1v) is 8.49. The van der Waals surface area contributed by atoms with Gasteiger partial charge in [0.2, 0.25) is 0 Å². The molecule has 0 amide bonds. The fraction of sp³-hybridized carbons (Fsp3) is 0.250. The zero-order valence-electron chi connectivity index (χ0n) is 12.6. The molecule has 2 aromatic rings. The largest absolute Gasteiger partial charge is 0.491 e. The van der Waals surface area contributed by atoms with Gasteiger partial charge in [-0.2, -0.15) is 8.42 Å². The van der Waals surface area contributed by atoms with Crippen molar-refractivity contribution in [3.63, 3.8) is 0 Å². The minimum Gasteiger partial charge on any atom is -0.491 e. The Bertz CT molecular complexity index is 686. The van der Waals surface area contributed by atoms with Gasteiger partial charge in [0.1, 0.15) is 12.4 Å². The highest BCUT2D eigenvalue weighted by atomic mass is 32.2. The van der Waals surface area contributed by atoms with Gasteiger partial charge in [-0.15, -0.1) is 0 Å². The van der Waals surface area contributed by atoms with Crippen molar-refractivity contribution >= 4 is 15.8 Å². The van der Waals surface area contributed by atoms with Crippen LogP contribution in [0.3, 0.4) is 0 Å². The SMILES string of the molecule is Nc1ccc(OCCOCCOS(=O)(=O)c2ccccc2)cc1. The summed E-state index contributed by atoms with van der Waals surface area (Å²) in [5, 5.41) is 0. The molecule has 7 heteroatoms. The van der Waals surface area contributed by atoms with E-state index in [-0.39, 0.29) is 18.1 Å². The lowest BCUT2D eigenvalue weighted by molar-refractivity contribution is 0.0779. The van der Waals surface area contributed by atoms with E-state index in [0.717, 1.165) is 0 Å².